The second kappa shape index (κ2) is 7.23. The quantitative estimate of drug-likeness (QED) is 0.754. The Balaban J connectivity index is 3.19. The summed E-state index contributed by atoms with van der Waals surface area (Å²) in [5, 5.41) is 0.193. The highest BCUT2D eigenvalue weighted by Crippen LogP contribution is 2.36. The van der Waals surface area contributed by atoms with E-state index in [9.17, 15) is 14.4 Å². The minimum atomic E-state index is -4.16. The predicted octanol–water partition coefficient (Wildman–Crippen LogP) is 3.48. The molecule has 0 aliphatic rings. The van der Waals surface area contributed by atoms with E-state index in [2.05, 4.69) is 13.8 Å². The van der Waals surface area contributed by atoms with Gasteiger partial charge in [0.25, 0.3) is 0 Å². The van der Waals surface area contributed by atoms with Crippen molar-refractivity contribution in [3.05, 3.63) is 28.8 Å². The highest BCUT2D eigenvalue weighted by atomic mass is 31.2. The van der Waals surface area contributed by atoms with Crippen LogP contribution < -0.4 is 5.30 Å². The summed E-state index contributed by atoms with van der Waals surface area (Å²) in [6.07, 6.45) is 6.31. The summed E-state index contributed by atoms with van der Waals surface area (Å²) in [4.78, 5) is 18.8. The molecule has 0 spiro atoms. The van der Waals surface area contributed by atoms with Gasteiger partial charge in [0.2, 0.25) is 0 Å². The molecule has 0 saturated heterocycles. The Hall–Kier alpha value is -0.630. The van der Waals surface area contributed by atoms with E-state index in [0.717, 1.165) is 49.7 Å². The van der Waals surface area contributed by atoms with Crippen LogP contribution in [-0.4, -0.2) is 9.79 Å². The van der Waals surface area contributed by atoms with E-state index in [4.69, 9.17) is 0 Å². The van der Waals surface area contributed by atoms with Crippen molar-refractivity contribution < 1.29 is 14.4 Å². The zero-order valence-corrected chi connectivity index (χ0v) is 13.0. The summed E-state index contributed by atoms with van der Waals surface area (Å²) < 4.78 is 11.5. The Morgan fingerprint density at radius 1 is 1.05 bits per heavy atom. The summed E-state index contributed by atoms with van der Waals surface area (Å²) in [5.41, 5.74) is 3.19. The fourth-order valence-corrected chi connectivity index (χ4v) is 3.26. The number of benzene rings is 1. The van der Waals surface area contributed by atoms with Crippen molar-refractivity contribution in [3.63, 3.8) is 0 Å². The van der Waals surface area contributed by atoms with Crippen molar-refractivity contribution in [1.29, 1.82) is 0 Å². The van der Waals surface area contributed by atoms with E-state index in [1.54, 1.807) is 6.07 Å². The third-order valence-electron chi connectivity index (χ3n) is 3.56. The number of rotatable bonds is 7. The van der Waals surface area contributed by atoms with Crippen molar-refractivity contribution in [1.82, 2.24) is 0 Å². The van der Waals surface area contributed by atoms with Gasteiger partial charge >= 0.3 is 7.60 Å². The van der Waals surface area contributed by atoms with Crippen molar-refractivity contribution in [3.8, 4) is 0 Å². The lowest BCUT2D eigenvalue weighted by Crippen LogP contribution is -2.13. The maximum Gasteiger partial charge on any atom is 0.356 e. The average Bonchev–Trinajstić information content (AvgIpc) is 2.33. The summed E-state index contributed by atoms with van der Waals surface area (Å²) >= 11 is 0. The van der Waals surface area contributed by atoms with Gasteiger partial charge < -0.3 is 9.79 Å². The summed E-state index contributed by atoms with van der Waals surface area (Å²) in [7, 11) is -4.16. The zero-order valence-electron chi connectivity index (χ0n) is 12.1. The van der Waals surface area contributed by atoms with Crippen LogP contribution in [0.25, 0.3) is 0 Å². The van der Waals surface area contributed by atoms with Gasteiger partial charge in [0.15, 0.2) is 0 Å². The van der Waals surface area contributed by atoms with Gasteiger partial charge in [0.05, 0.1) is 5.30 Å². The van der Waals surface area contributed by atoms with Gasteiger partial charge in [-0.25, -0.2) is 0 Å². The van der Waals surface area contributed by atoms with Gasteiger partial charge in [-0.2, -0.15) is 0 Å². The van der Waals surface area contributed by atoms with Crippen LogP contribution in [0.15, 0.2) is 12.1 Å². The summed E-state index contributed by atoms with van der Waals surface area (Å²) in [6, 6.07) is 3.51. The van der Waals surface area contributed by atoms with Gasteiger partial charge in [-0.3, -0.25) is 4.57 Å². The maximum atomic E-state index is 11.5. The van der Waals surface area contributed by atoms with Crippen LogP contribution in [0.2, 0.25) is 0 Å². The standard InChI is InChI=1S/C15H25O3P/c1-4-6-8-13-10-11-15(19(16,17)18)12(3)14(13)9-7-5-2/h10-11H,4-9H2,1-3H3,(H2,16,17,18). The van der Waals surface area contributed by atoms with Gasteiger partial charge in [-0.15, -0.1) is 0 Å². The second-order valence-corrected chi connectivity index (χ2v) is 6.67. The zero-order chi connectivity index (χ0) is 14.5. The molecule has 0 heterocycles. The molecule has 4 heteroatoms. The first-order valence-corrected chi connectivity index (χ1v) is 8.70. The highest BCUT2D eigenvalue weighted by Gasteiger charge is 2.22. The molecule has 1 aromatic carbocycles. The minimum Gasteiger partial charge on any atom is -0.321 e. The molecule has 0 aromatic heterocycles. The molecular formula is C15H25O3P. The largest absolute Gasteiger partial charge is 0.356 e. The molecule has 19 heavy (non-hydrogen) atoms. The van der Waals surface area contributed by atoms with Crippen LogP contribution in [0, 0.1) is 6.92 Å². The molecule has 108 valence electrons. The predicted molar refractivity (Wildman–Crippen MR) is 80.1 cm³/mol. The monoisotopic (exact) mass is 284 g/mol. The summed E-state index contributed by atoms with van der Waals surface area (Å²) in [6.45, 7) is 6.13. The molecule has 1 aromatic rings. The fraction of sp³-hybridized carbons (Fsp3) is 0.600. The third-order valence-corrected chi connectivity index (χ3v) is 4.67. The number of aryl methyl sites for hydroxylation is 1. The summed E-state index contributed by atoms with van der Waals surface area (Å²) in [5.74, 6) is 0. The molecular weight excluding hydrogens is 259 g/mol. The lowest BCUT2D eigenvalue weighted by molar-refractivity contribution is 0.387. The van der Waals surface area contributed by atoms with Crippen LogP contribution in [0.5, 0.6) is 0 Å². The second-order valence-electron chi connectivity index (χ2n) is 5.10. The van der Waals surface area contributed by atoms with E-state index >= 15 is 0 Å². The maximum absolute atomic E-state index is 11.5. The first-order chi connectivity index (χ1) is 8.91. The van der Waals surface area contributed by atoms with Crippen molar-refractivity contribution in [2.75, 3.05) is 0 Å². The number of unbranched alkanes of at least 4 members (excludes halogenated alkanes) is 2. The molecule has 0 atom stereocenters. The van der Waals surface area contributed by atoms with Gasteiger partial charge in [0.1, 0.15) is 0 Å². The van der Waals surface area contributed by atoms with Crippen LogP contribution in [0.3, 0.4) is 0 Å². The Labute approximate surface area is 116 Å². The van der Waals surface area contributed by atoms with E-state index in [0.29, 0.717) is 0 Å². The molecule has 0 unspecified atom stereocenters. The molecule has 1 rings (SSSR count). The average molecular weight is 284 g/mol. The normalized spacial score (nSPS) is 11.8. The molecule has 0 radical (unpaired) electrons. The number of hydrogen-bond acceptors (Lipinski definition) is 1. The smallest absolute Gasteiger partial charge is 0.321 e. The van der Waals surface area contributed by atoms with Gasteiger partial charge in [-0.05, 0) is 55.4 Å². The highest BCUT2D eigenvalue weighted by molar-refractivity contribution is 7.60. The van der Waals surface area contributed by atoms with Crippen LogP contribution in [0.4, 0.5) is 0 Å². The van der Waals surface area contributed by atoms with Crippen molar-refractivity contribution >= 4 is 12.9 Å². The molecule has 3 nitrogen and oxygen atoms in total. The lowest BCUT2D eigenvalue weighted by atomic mass is 9.94. The Morgan fingerprint density at radius 2 is 1.63 bits per heavy atom. The lowest BCUT2D eigenvalue weighted by Gasteiger charge is -2.17. The molecule has 0 fully saturated rings. The molecule has 0 amide bonds. The Morgan fingerprint density at radius 3 is 2.16 bits per heavy atom. The van der Waals surface area contributed by atoms with Crippen LogP contribution in [0.1, 0.15) is 56.2 Å². The molecule has 2 N–H and O–H groups in total. The van der Waals surface area contributed by atoms with Crippen LogP contribution >= 0.6 is 7.60 Å². The van der Waals surface area contributed by atoms with E-state index < -0.39 is 7.60 Å². The van der Waals surface area contributed by atoms with Crippen molar-refractivity contribution in [2.24, 2.45) is 0 Å². The van der Waals surface area contributed by atoms with E-state index in [1.807, 2.05) is 13.0 Å². The number of hydrogen-bond donors (Lipinski definition) is 2. The first kappa shape index (κ1) is 16.4. The molecule has 0 saturated carbocycles. The SMILES string of the molecule is CCCCc1ccc(P(=O)(O)O)c(C)c1CCCC. The minimum absolute atomic E-state index is 0.193. The first-order valence-electron chi connectivity index (χ1n) is 7.09. The van der Waals surface area contributed by atoms with Crippen LogP contribution in [-0.2, 0) is 17.4 Å². The van der Waals surface area contributed by atoms with Crippen molar-refractivity contribution in [2.45, 2.75) is 59.3 Å². The van der Waals surface area contributed by atoms with Gasteiger partial charge in [0, 0.05) is 0 Å². The molecule has 0 bridgehead atoms. The van der Waals surface area contributed by atoms with Gasteiger partial charge in [-0.1, -0.05) is 32.8 Å². The topological polar surface area (TPSA) is 57.5 Å². The van der Waals surface area contributed by atoms with E-state index in [-0.39, 0.29) is 5.30 Å². The third kappa shape index (κ3) is 4.45. The Bertz CT molecular complexity index is 463. The molecule has 0 aliphatic carbocycles. The fourth-order valence-electron chi connectivity index (χ4n) is 2.42. The van der Waals surface area contributed by atoms with E-state index in [1.165, 1.54) is 5.56 Å². The molecule has 0 aliphatic heterocycles. The Kier molecular flexibility index (Phi) is 6.25.